The lowest BCUT2D eigenvalue weighted by molar-refractivity contribution is -0.135. The van der Waals surface area contributed by atoms with Crippen LogP contribution < -0.4 is 5.32 Å². The van der Waals surface area contributed by atoms with Gasteiger partial charge in [-0.3, -0.25) is 19.2 Å². The van der Waals surface area contributed by atoms with Crippen molar-refractivity contribution in [3.63, 3.8) is 0 Å². The highest BCUT2D eigenvalue weighted by Gasteiger charge is 2.41. The predicted molar refractivity (Wildman–Crippen MR) is 95.9 cm³/mol. The number of ether oxygens (including phenoxy) is 1. The van der Waals surface area contributed by atoms with Crippen LogP contribution >= 0.6 is 0 Å². The molecule has 1 N–H and O–H groups in total. The third-order valence-electron chi connectivity index (χ3n) is 5.07. The van der Waals surface area contributed by atoms with Crippen LogP contribution in [0.4, 0.5) is 0 Å². The Morgan fingerprint density at radius 2 is 1.76 bits per heavy atom. The molecule has 0 atom stereocenters. The Morgan fingerprint density at radius 1 is 1.07 bits per heavy atom. The SMILES string of the molecule is Cc1noc2c1C(=O)c1oc(C(=O)NCCC(=O)N3CCOCC3)c(C)c1C2=O. The van der Waals surface area contributed by atoms with Gasteiger partial charge >= 0.3 is 0 Å². The maximum absolute atomic E-state index is 12.7. The lowest BCUT2D eigenvalue weighted by Crippen LogP contribution is -2.42. The summed E-state index contributed by atoms with van der Waals surface area (Å²) in [7, 11) is 0. The Labute approximate surface area is 165 Å². The molecule has 1 saturated heterocycles. The van der Waals surface area contributed by atoms with E-state index in [0.717, 1.165) is 0 Å². The fourth-order valence-corrected chi connectivity index (χ4v) is 3.52. The number of ketones is 2. The first-order chi connectivity index (χ1) is 13.9. The minimum Gasteiger partial charge on any atom is -0.446 e. The molecule has 2 aromatic rings. The number of furan rings is 1. The second kappa shape index (κ2) is 7.28. The molecule has 29 heavy (non-hydrogen) atoms. The van der Waals surface area contributed by atoms with E-state index >= 15 is 0 Å². The minimum atomic E-state index is -0.598. The second-order valence-electron chi connectivity index (χ2n) is 6.89. The first-order valence-electron chi connectivity index (χ1n) is 9.23. The maximum atomic E-state index is 12.7. The van der Waals surface area contributed by atoms with Crippen molar-refractivity contribution in [1.29, 1.82) is 0 Å². The molecule has 2 aliphatic rings. The van der Waals surface area contributed by atoms with E-state index in [9.17, 15) is 19.2 Å². The number of hydrogen-bond donors (Lipinski definition) is 1. The number of aromatic nitrogens is 1. The Bertz CT molecular complexity index is 1030. The summed E-state index contributed by atoms with van der Waals surface area (Å²) in [5, 5.41) is 6.27. The van der Waals surface area contributed by atoms with Crippen LogP contribution in [0.25, 0.3) is 0 Å². The van der Waals surface area contributed by atoms with E-state index in [2.05, 4.69) is 10.5 Å². The van der Waals surface area contributed by atoms with E-state index in [0.29, 0.717) is 26.3 Å². The van der Waals surface area contributed by atoms with E-state index < -0.39 is 17.5 Å². The van der Waals surface area contributed by atoms with Crippen molar-refractivity contribution in [2.45, 2.75) is 20.3 Å². The van der Waals surface area contributed by atoms with Crippen LogP contribution in [-0.2, 0) is 9.53 Å². The van der Waals surface area contributed by atoms with Crippen LogP contribution in [0.15, 0.2) is 8.94 Å². The highest BCUT2D eigenvalue weighted by molar-refractivity contribution is 6.27. The van der Waals surface area contributed by atoms with Crippen molar-refractivity contribution in [2.75, 3.05) is 32.8 Å². The van der Waals surface area contributed by atoms with E-state index in [-0.39, 0.29) is 58.5 Å². The number of nitrogens with zero attached hydrogens (tertiary/aromatic N) is 2. The largest absolute Gasteiger partial charge is 0.446 e. The lowest BCUT2D eigenvalue weighted by atomic mass is 9.90. The molecular formula is C19H19N3O7. The fourth-order valence-electron chi connectivity index (χ4n) is 3.52. The van der Waals surface area contributed by atoms with Crippen molar-refractivity contribution >= 4 is 23.4 Å². The number of aryl methyl sites for hydroxylation is 1. The van der Waals surface area contributed by atoms with Gasteiger partial charge in [0.1, 0.15) is 5.56 Å². The Balaban J connectivity index is 1.47. The van der Waals surface area contributed by atoms with Crippen LogP contribution in [0.2, 0.25) is 0 Å². The van der Waals surface area contributed by atoms with Gasteiger partial charge in [-0.1, -0.05) is 5.16 Å². The van der Waals surface area contributed by atoms with Crippen LogP contribution in [-0.4, -0.2) is 66.3 Å². The summed E-state index contributed by atoms with van der Waals surface area (Å²) in [5.74, 6) is -2.24. The average molecular weight is 401 g/mol. The maximum Gasteiger partial charge on any atom is 0.287 e. The molecule has 0 bridgehead atoms. The molecule has 0 unspecified atom stereocenters. The molecule has 3 heterocycles. The topological polar surface area (TPSA) is 132 Å². The summed E-state index contributed by atoms with van der Waals surface area (Å²) in [6, 6.07) is 0. The Kier molecular flexibility index (Phi) is 4.79. The quantitative estimate of drug-likeness (QED) is 0.674. The molecule has 0 spiro atoms. The number of rotatable bonds is 4. The van der Waals surface area contributed by atoms with Gasteiger partial charge in [-0.15, -0.1) is 0 Å². The summed E-state index contributed by atoms with van der Waals surface area (Å²) in [6.07, 6.45) is 0.127. The summed E-state index contributed by atoms with van der Waals surface area (Å²) in [5.41, 5.74) is 0.591. The third-order valence-corrected chi connectivity index (χ3v) is 5.07. The number of carbonyl (C=O) groups excluding carboxylic acids is 4. The number of carbonyl (C=O) groups is 4. The summed E-state index contributed by atoms with van der Waals surface area (Å²) in [6.45, 7) is 5.24. The van der Waals surface area contributed by atoms with Crippen molar-refractivity contribution in [3.8, 4) is 0 Å². The van der Waals surface area contributed by atoms with Gasteiger partial charge in [-0.25, -0.2) is 0 Å². The first kappa shape index (κ1) is 19.1. The van der Waals surface area contributed by atoms with Crippen molar-refractivity contribution in [2.24, 2.45) is 0 Å². The number of nitrogens with one attached hydrogen (secondary N) is 1. The highest BCUT2D eigenvalue weighted by atomic mass is 16.5. The zero-order chi connectivity index (χ0) is 20.7. The molecule has 2 aromatic heterocycles. The van der Waals surface area contributed by atoms with Crippen LogP contribution in [0.5, 0.6) is 0 Å². The molecule has 1 fully saturated rings. The molecule has 4 rings (SSSR count). The van der Waals surface area contributed by atoms with E-state index in [1.807, 2.05) is 0 Å². The van der Waals surface area contributed by atoms with Gasteiger partial charge in [-0.2, -0.15) is 0 Å². The smallest absolute Gasteiger partial charge is 0.287 e. The number of morpholine rings is 1. The van der Waals surface area contributed by atoms with E-state index in [1.165, 1.54) is 6.92 Å². The van der Waals surface area contributed by atoms with Gasteiger partial charge in [0.2, 0.25) is 23.2 Å². The van der Waals surface area contributed by atoms with Crippen molar-refractivity contribution < 1.29 is 32.9 Å². The lowest BCUT2D eigenvalue weighted by Gasteiger charge is -2.26. The Hall–Kier alpha value is -3.27. The normalized spacial score (nSPS) is 15.9. The highest BCUT2D eigenvalue weighted by Crippen LogP contribution is 2.34. The molecule has 2 amide bonds. The third kappa shape index (κ3) is 3.15. The molecular weight excluding hydrogens is 382 g/mol. The second-order valence-corrected chi connectivity index (χ2v) is 6.89. The molecule has 1 aliphatic heterocycles. The van der Waals surface area contributed by atoms with Crippen LogP contribution in [0, 0.1) is 13.8 Å². The number of amides is 2. The minimum absolute atomic E-state index is 0.00759. The van der Waals surface area contributed by atoms with Gasteiger partial charge in [0, 0.05) is 31.6 Å². The molecule has 0 radical (unpaired) electrons. The number of hydrogen-bond acceptors (Lipinski definition) is 8. The van der Waals surface area contributed by atoms with E-state index in [1.54, 1.807) is 11.8 Å². The molecule has 10 nitrogen and oxygen atoms in total. The molecule has 10 heteroatoms. The van der Waals surface area contributed by atoms with Gasteiger partial charge in [-0.05, 0) is 13.8 Å². The summed E-state index contributed by atoms with van der Waals surface area (Å²) in [4.78, 5) is 51.7. The Morgan fingerprint density at radius 3 is 2.48 bits per heavy atom. The number of fused-ring (bicyclic) bond motifs is 2. The molecule has 1 aliphatic carbocycles. The predicted octanol–water partition coefficient (Wildman–Crippen LogP) is 0.639. The molecule has 152 valence electrons. The van der Waals surface area contributed by atoms with Gasteiger partial charge in [0.25, 0.3) is 5.91 Å². The first-order valence-corrected chi connectivity index (χ1v) is 9.23. The summed E-state index contributed by atoms with van der Waals surface area (Å²) >= 11 is 0. The standard InChI is InChI=1S/C19H19N3O7/c1-9-12-14(24)18-13(10(2)21-29-18)15(25)17(12)28-16(9)19(26)20-4-3-11(23)22-5-7-27-8-6-22/h3-8H2,1-2H3,(H,20,26). The zero-order valence-electron chi connectivity index (χ0n) is 16.0. The van der Waals surface area contributed by atoms with Gasteiger partial charge in [0.15, 0.2) is 11.5 Å². The summed E-state index contributed by atoms with van der Waals surface area (Å²) < 4.78 is 15.7. The molecule has 0 saturated carbocycles. The zero-order valence-corrected chi connectivity index (χ0v) is 16.0. The van der Waals surface area contributed by atoms with Gasteiger partial charge < -0.3 is 23.9 Å². The fraction of sp³-hybridized carbons (Fsp3) is 0.421. The van der Waals surface area contributed by atoms with Crippen molar-refractivity contribution in [1.82, 2.24) is 15.4 Å². The molecule has 0 aromatic carbocycles. The monoisotopic (exact) mass is 401 g/mol. The van der Waals surface area contributed by atoms with Gasteiger partial charge in [0.05, 0.1) is 24.5 Å². The van der Waals surface area contributed by atoms with Crippen LogP contribution in [0.1, 0.15) is 60.5 Å². The van der Waals surface area contributed by atoms with E-state index in [4.69, 9.17) is 13.7 Å². The average Bonchev–Trinajstić information content (AvgIpc) is 3.28. The van der Waals surface area contributed by atoms with Crippen molar-refractivity contribution in [3.05, 3.63) is 39.7 Å². The van der Waals surface area contributed by atoms with Crippen LogP contribution in [0.3, 0.4) is 0 Å².